The molecule has 14 heavy (non-hydrogen) atoms. The molecule has 0 fully saturated rings. The highest BCUT2D eigenvalue weighted by Gasteiger charge is 2.17. The second-order valence-electron chi connectivity index (χ2n) is 2.54. The standard InChI is InChI=1S/C9H10O5/c1-2-3-14-9-6(11)4-5(10)7(12)8(9)13/h2,4,10-13H,1,3H2. The predicted molar refractivity (Wildman–Crippen MR) is 48.8 cm³/mol. The predicted octanol–water partition coefficient (Wildman–Crippen LogP) is 1.07. The fourth-order valence-electron chi connectivity index (χ4n) is 0.898. The normalized spacial score (nSPS) is 9.71. The Morgan fingerprint density at radius 1 is 1.14 bits per heavy atom. The molecule has 0 unspecified atom stereocenters. The van der Waals surface area contributed by atoms with Crippen molar-refractivity contribution < 1.29 is 25.2 Å². The Kier molecular flexibility index (Phi) is 2.71. The molecule has 0 aliphatic rings. The molecule has 0 aliphatic carbocycles. The van der Waals surface area contributed by atoms with E-state index in [9.17, 15) is 10.2 Å². The third-order valence-corrected chi connectivity index (χ3v) is 1.53. The van der Waals surface area contributed by atoms with Gasteiger partial charge in [0.2, 0.25) is 17.2 Å². The van der Waals surface area contributed by atoms with Crippen LogP contribution in [0.25, 0.3) is 0 Å². The summed E-state index contributed by atoms with van der Waals surface area (Å²) in [6.45, 7) is 3.44. The molecule has 76 valence electrons. The van der Waals surface area contributed by atoms with Gasteiger partial charge in [-0.2, -0.15) is 0 Å². The first-order valence-electron chi connectivity index (χ1n) is 3.78. The van der Waals surface area contributed by atoms with Crippen LogP contribution in [0.2, 0.25) is 0 Å². The van der Waals surface area contributed by atoms with Gasteiger partial charge in [0.05, 0.1) is 0 Å². The van der Waals surface area contributed by atoms with Crippen LogP contribution >= 0.6 is 0 Å². The molecule has 0 aliphatic heterocycles. The molecule has 0 amide bonds. The molecule has 0 aromatic heterocycles. The van der Waals surface area contributed by atoms with Gasteiger partial charge in [-0.1, -0.05) is 12.7 Å². The van der Waals surface area contributed by atoms with E-state index in [1.807, 2.05) is 0 Å². The van der Waals surface area contributed by atoms with Crippen molar-refractivity contribution in [2.24, 2.45) is 0 Å². The Morgan fingerprint density at radius 2 is 1.79 bits per heavy atom. The van der Waals surface area contributed by atoms with Gasteiger partial charge >= 0.3 is 0 Å². The summed E-state index contributed by atoms with van der Waals surface area (Å²) < 4.78 is 4.86. The molecule has 4 N–H and O–H groups in total. The lowest BCUT2D eigenvalue weighted by Gasteiger charge is -2.09. The largest absolute Gasteiger partial charge is 0.504 e. The summed E-state index contributed by atoms with van der Waals surface area (Å²) in [5.41, 5.74) is 0. The first-order chi connectivity index (χ1) is 6.57. The number of phenols is 4. The lowest BCUT2D eigenvalue weighted by Crippen LogP contribution is -1.93. The molecular formula is C9H10O5. The molecule has 1 aromatic rings. The highest BCUT2D eigenvalue weighted by atomic mass is 16.5. The van der Waals surface area contributed by atoms with Crippen molar-refractivity contribution >= 4 is 0 Å². The summed E-state index contributed by atoms with van der Waals surface area (Å²) in [6.07, 6.45) is 1.41. The minimum absolute atomic E-state index is 0.0608. The summed E-state index contributed by atoms with van der Waals surface area (Å²) in [6, 6.07) is 0.869. The van der Waals surface area contributed by atoms with Gasteiger partial charge in [0.1, 0.15) is 6.61 Å². The van der Waals surface area contributed by atoms with Gasteiger partial charge in [0.25, 0.3) is 0 Å². The number of rotatable bonds is 3. The third kappa shape index (κ3) is 1.66. The second kappa shape index (κ2) is 3.78. The Bertz CT molecular complexity index is 359. The van der Waals surface area contributed by atoms with Crippen LogP contribution in [0, 0.1) is 0 Å². The molecular weight excluding hydrogens is 188 g/mol. The molecule has 5 nitrogen and oxygen atoms in total. The van der Waals surface area contributed by atoms with Gasteiger partial charge in [-0.25, -0.2) is 0 Å². The van der Waals surface area contributed by atoms with Gasteiger partial charge in [-0.15, -0.1) is 0 Å². The maximum Gasteiger partial charge on any atom is 0.208 e. The highest BCUT2D eigenvalue weighted by molar-refractivity contribution is 5.63. The minimum Gasteiger partial charge on any atom is -0.504 e. The van der Waals surface area contributed by atoms with E-state index >= 15 is 0 Å². The summed E-state index contributed by atoms with van der Waals surface area (Å²) in [4.78, 5) is 0. The van der Waals surface area contributed by atoms with Crippen LogP contribution in [-0.2, 0) is 0 Å². The van der Waals surface area contributed by atoms with E-state index in [4.69, 9.17) is 14.9 Å². The average Bonchev–Trinajstić information content (AvgIpc) is 2.14. The van der Waals surface area contributed by atoms with Crippen molar-refractivity contribution in [1.29, 1.82) is 0 Å². The number of phenolic OH excluding ortho intramolecular Hbond substituents is 4. The molecule has 1 rings (SSSR count). The van der Waals surface area contributed by atoms with Crippen molar-refractivity contribution in [3.8, 4) is 28.7 Å². The van der Waals surface area contributed by atoms with Crippen LogP contribution in [-0.4, -0.2) is 27.0 Å². The van der Waals surface area contributed by atoms with Crippen LogP contribution in [0.3, 0.4) is 0 Å². The summed E-state index contributed by atoms with van der Waals surface area (Å²) in [5.74, 6) is -2.81. The quantitative estimate of drug-likeness (QED) is 0.331. The molecule has 0 saturated carbocycles. The molecule has 0 atom stereocenters. The number of ether oxygens (including phenoxy) is 1. The van der Waals surface area contributed by atoms with Crippen LogP contribution in [0.1, 0.15) is 0 Å². The molecule has 0 bridgehead atoms. The Morgan fingerprint density at radius 3 is 2.36 bits per heavy atom. The molecule has 0 saturated heterocycles. The number of benzene rings is 1. The van der Waals surface area contributed by atoms with Crippen molar-refractivity contribution in [3.63, 3.8) is 0 Å². The first-order valence-corrected chi connectivity index (χ1v) is 3.78. The summed E-state index contributed by atoms with van der Waals surface area (Å²) in [7, 11) is 0. The highest BCUT2D eigenvalue weighted by Crippen LogP contribution is 2.47. The fraction of sp³-hybridized carbons (Fsp3) is 0.111. The van der Waals surface area contributed by atoms with Crippen LogP contribution in [0.15, 0.2) is 18.7 Å². The van der Waals surface area contributed by atoms with Crippen molar-refractivity contribution in [2.45, 2.75) is 0 Å². The zero-order chi connectivity index (χ0) is 10.7. The lowest BCUT2D eigenvalue weighted by atomic mass is 10.2. The monoisotopic (exact) mass is 198 g/mol. The fourth-order valence-corrected chi connectivity index (χ4v) is 0.898. The number of hydrogen-bond donors (Lipinski definition) is 4. The second-order valence-corrected chi connectivity index (χ2v) is 2.54. The Hall–Kier alpha value is -2.04. The van der Waals surface area contributed by atoms with Gasteiger partial charge < -0.3 is 25.2 Å². The van der Waals surface area contributed by atoms with E-state index < -0.39 is 23.0 Å². The van der Waals surface area contributed by atoms with Gasteiger partial charge in [-0.05, 0) is 0 Å². The minimum atomic E-state index is -0.734. The topological polar surface area (TPSA) is 90.2 Å². The Balaban J connectivity index is 3.15. The maximum atomic E-state index is 9.26. The average molecular weight is 198 g/mol. The van der Waals surface area contributed by atoms with Gasteiger partial charge in [0, 0.05) is 6.07 Å². The maximum absolute atomic E-state index is 9.26. The van der Waals surface area contributed by atoms with E-state index in [1.54, 1.807) is 0 Å². The van der Waals surface area contributed by atoms with E-state index in [-0.39, 0.29) is 12.4 Å². The summed E-state index contributed by atoms with van der Waals surface area (Å²) in [5, 5.41) is 36.6. The third-order valence-electron chi connectivity index (χ3n) is 1.53. The molecule has 1 aromatic carbocycles. The van der Waals surface area contributed by atoms with Crippen molar-refractivity contribution in [2.75, 3.05) is 6.61 Å². The van der Waals surface area contributed by atoms with Crippen molar-refractivity contribution in [1.82, 2.24) is 0 Å². The van der Waals surface area contributed by atoms with E-state index in [2.05, 4.69) is 6.58 Å². The zero-order valence-corrected chi connectivity index (χ0v) is 7.27. The van der Waals surface area contributed by atoms with Gasteiger partial charge in [-0.3, -0.25) is 0 Å². The molecule has 0 radical (unpaired) electrons. The van der Waals surface area contributed by atoms with E-state index in [0.29, 0.717) is 0 Å². The van der Waals surface area contributed by atoms with Crippen LogP contribution in [0.4, 0.5) is 0 Å². The first kappa shape index (κ1) is 10.0. The van der Waals surface area contributed by atoms with E-state index in [0.717, 1.165) is 6.07 Å². The zero-order valence-electron chi connectivity index (χ0n) is 7.27. The van der Waals surface area contributed by atoms with E-state index in [1.165, 1.54) is 6.08 Å². The van der Waals surface area contributed by atoms with Crippen molar-refractivity contribution in [3.05, 3.63) is 18.7 Å². The molecule has 0 spiro atoms. The van der Waals surface area contributed by atoms with Crippen LogP contribution in [0.5, 0.6) is 28.7 Å². The lowest BCUT2D eigenvalue weighted by molar-refractivity contribution is 0.296. The smallest absolute Gasteiger partial charge is 0.208 e. The molecule has 0 heterocycles. The SMILES string of the molecule is C=CCOc1c(O)cc(O)c(O)c1O. The Labute approximate surface area is 80.1 Å². The van der Waals surface area contributed by atoms with Crippen LogP contribution < -0.4 is 4.74 Å². The van der Waals surface area contributed by atoms with Gasteiger partial charge in [0.15, 0.2) is 11.5 Å². The summed E-state index contributed by atoms with van der Waals surface area (Å²) >= 11 is 0. The number of hydrogen-bond acceptors (Lipinski definition) is 5. The number of aromatic hydroxyl groups is 4. The molecule has 5 heteroatoms.